The van der Waals surface area contributed by atoms with Gasteiger partial charge in [0.05, 0.1) is 5.54 Å². The lowest BCUT2D eigenvalue weighted by Crippen LogP contribution is -2.62. The molecule has 18 heavy (non-hydrogen) atoms. The first-order valence-corrected chi connectivity index (χ1v) is 6.39. The lowest BCUT2D eigenvalue weighted by Gasteiger charge is -2.44. The van der Waals surface area contributed by atoms with Crippen molar-refractivity contribution in [1.29, 1.82) is 0 Å². The number of hydrogen-bond donors (Lipinski definition) is 2. The summed E-state index contributed by atoms with van der Waals surface area (Å²) in [5.41, 5.74) is 1.68. The topological polar surface area (TPSA) is 78.7 Å². The Hall–Kier alpha value is -1.14. The number of nitrogens with two attached hydrogens (primary N) is 1. The zero-order valence-corrected chi connectivity index (χ0v) is 11.5. The van der Waals surface area contributed by atoms with Gasteiger partial charge in [-0.25, -0.2) is 5.84 Å². The van der Waals surface area contributed by atoms with Gasteiger partial charge in [0, 0.05) is 26.6 Å². The second-order valence-electron chi connectivity index (χ2n) is 5.30. The van der Waals surface area contributed by atoms with Crippen LogP contribution in [-0.2, 0) is 9.59 Å². The molecule has 0 radical (unpaired) electrons. The fraction of sp³-hybridized carbons (Fsp3) is 0.833. The van der Waals surface area contributed by atoms with Gasteiger partial charge in [-0.2, -0.15) is 0 Å². The number of unbranched alkanes of at least 4 members (excludes halogenated alkanes) is 1. The molecule has 0 atom stereocenters. The van der Waals surface area contributed by atoms with Crippen molar-refractivity contribution in [2.45, 2.75) is 38.6 Å². The van der Waals surface area contributed by atoms with Gasteiger partial charge in [-0.3, -0.25) is 19.9 Å². The van der Waals surface area contributed by atoms with Gasteiger partial charge in [0.15, 0.2) is 0 Å². The van der Waals surface area contributed by atoms with Crippen LogP contribution in [0.2, 0.25) is 0 Å². The van der Waals surface area contributed by atoms with E-state index in [1.165, 1.54) is 0 Å². The van der Waals surface area contributed by atoms with E-state index in [1.54, 1.807) is 4.90 Å². The second-order valence-corrected chi connectivity index (χ2v) is 5.30. The molecule has 104 valence electrons. The van der Waals surface area contributed by atoms with Crippen LogP contribution in [0.1, 0.15) is 33.1 Å². The van der Waals surface area contributed by atoms with E-state index in [2.05, 4.69) is 10.3 Å². The number of amides is 2. The fourth-order valence-electron chi connectivity index (χ4n) is 2.31. The van der Waals surface area contributed by atoms with E-state index in [9.17, 15) is 9.59 Å². The van der Waals surface area contributed by atoms with Gasteiger partial charge in [-0.05, 0) is 33.2 Å². The summed E-state index contributed by atoms with van der Waals surface area (Å²) < 4.78 is 0. The molecule has 6 heteroatoms. The second kappa shape index (κ2) is 6.15. The Kier molecular flexibility index (Phi) is 5.10. The van der Waals surface area contributed by atoms with Crippen LogP contribution in [0, 0.1) is 0 Å². The van der Waals surface area contributed by atoms with E-state index in [0.717, 1.165) is 32.5 Å². The van der Waals surface area contributed by atoms with Crippen molar-refractivity contribution < 1.29 is 9.59 Å². The standard InChI is InChI=1S/C12H24N4O2/c1-12(2)11(18)15(3)8-9-16(12)7-5-4-6-10(17)14-13/h4-9,13H2,1-3H3,(H,14,17). The van der Waals surface area contributed by atoms with Crippen molar-refractivity contribution in [3.63, 3.8) is 0 Å². The Balaban J connectivity index is 2.38. The molecule has 0 aromatic carbocycles. The van der Waals surface area contributed by atoms with Crippen molar-refractivity contribution in [3.8, 4) is 0 Å². The van der Waals surface area contributed by atoms with E-state index in [-0.39, 0.29) is 11.8 Å². The highest BCUT2D eigenvalue weighted by Gasteiger charge is 2.39. The number of carbonyl (C=O) groups excluding carboxylic acids is 2. The molecule has 1 heterocycles. The molecule has 2 amide bonds. The summed E-state index contributed by atoms with van der Waals surface area (Å²) in [6, 6.07) is 0. The molecule has 6 nitrogen and oxygen atoms in total. The third kappa shape index (κ3) is 3.43. The number of nitrogens with one attached hydrogen (secondary N) is 1. The molecule has 0 aliphatic carbocycles. The zero-order valence-electron chi connectivity index (χ0n) is 11.5. The highest BCUT2D eigenvalue weighted by Crippen LogP contribution is 2.22. The van der Waals surface area contributed by atoms with Crippen LogP contribution >= 0.6 is 0 Å². The van der Waals surface area contributed by atoms with Gasteiger partial charge in [0.1, 0.15) is 0 Å². The average molecular weight is 256 g/mol. The first kappa shape index (κ1) is 14.9. The largest absolute Gasteiger partial charge is 0.343 e. The summed E-state index contributed by atoms with van der Waals surface area (Å²) in [6.45, 7) is 6.41. The van der Waals surface area contributed by atoms with E-state index < -0.39 is 5.54 Å². The van der Waals surface area contributed by atoms with Crippen molar-refractivity contribution in [3.05, 3.63) is 0 Å². The van der Waals surface area contributed by atoms with Crippen LogP contribution in [0.15, 0.2) is 0 Å². The van der Waals surface area contributed by atoms with Gasteiger partial charge in [0.25, 0.3) is 0 Å². The van der Waals surface area contributed by atoms with E-state index >= 15 is 0 Å². The van der Waals surface area contributed by atoms with Crippen molar-refractivity contribution >= 4 is 11.8 Å². The molecule has 0 bridgehead atoms. The third-order valence-electron chi connectivity index (χ3n) is 3.61. The smallest absolute Gasteiger partial charge is 0.242 e. The maximum Gasteiger partial charge on any atom is 0.242 e. The SMILES string of the molecule is CN1CCN(CCCCC(=O)NN)C(C)(C)C1=O. The Morgan fingerprint density at radius 1 is 1.39 bits per heavy atom. The molecule has 1 aliphatic heterocycles. The molecule has 0 aromatic rings. The number of nitrogens with zero attached hydrogens (tertiary/aromatic N) is 2. The Labute approximate surface area is 108 Å². The van der Waals surface area contributed by atoms with Crippen molar-refractivity contribution in [2.75, 3.05) is 26.7 Å². The summed E-state index contributed by atoms with van der Waals surface area (Å²) in [7, 11) is 1.84. The number of rotatable bonds is 5. The quantitative estimate of drug-likeness (QED) is 0.306. The number of hydrazine groups is 1. The van der Waals surface area contributed by atoms with Crippen molar-refractivity contribution in [2.24, 2.45) is 5.84 Å². The first-order chi connectivity index (χ1) is 8.39. The molecule has 0 aromatic heterocycles. The summed E-state index contributed by atoms with van der Waals surface area (Å²) in [5.74, 6) is 5.04. The maximum atomic E-state index is 12.0. The molecule has 0 spiro atoms. The maximum absolute atomic E-state index is 12.0. The third-order valence-corrected chi connectivity index (χ3v) is 3.61. The molecular weight excluding hydrogens is 232 g/mol. The summed E-state index contributed by atoms with van der Waals surface area (Å²) >= 11 is 0. The molecule has 1 aliphatic rings. The van der Waals surface area contributed by atoms with Crippen LogP contribution in [0.3, 0.4) is 0 Å². The molecule has 1 saturated heterocycles. The monoisotopic (exact) mass is 256 g/mol. The van der Waals surface area contributed by atoms with Crippen LogP contribution in [0.4, 0.5) is 0 Å². The number of likely N-dealkylation sites (N-methyl/N-ethyl adjacent to an activating group) is 1. The van der Waals surface area contributed by atoms with Crippen LogP contribution in [0.5, 0.6) is 0 Å². The minimum atomic E-state index is -0.441. The van der Waals surface area contributed by atoms with E-state index in [4.69, 9.17) is 5.84 Å². The summed E-state index contributed by atoms with van der Waals surface area (Å²) in [5, 5.41) is 0. The number of piperazine rings is 1. The Morgan fingerprint density at radius 3 is 2.67 bits per heavy atom. The van der Waals surface area contributed by atoms with E-state index in [1.807, 2.05) is 20.9 Å². The van der Waals surface area contributed by atoms with Crippen LogP contribution < -0.4 is 11.3 Å². The van der Waals surface area contributed by atoms with Gasteiger partial charge >= 0.3 is 0 Å². The predicted molar refractivity (Wildman–Crippen MR) is 69.5 cm³/mol. The molecule has 1 fully saturated rings. The lowest BCUT2D eigenvalue weighted by atomic mass is 9.97. The molecule has 1 rings (SSSR count). The normalized spacial score (nSPS) is 20.0. The van der Waals surface area contributed by atoms with Gasteiger partial charge in [-0.1, -0.05) is 0 Å². The number of carbonyl (C=O) groups is 2. The fourth-order valence-corrected chi connectivity index (χ4v) is 2.31. The molecule has 0 saturated carbocycles. The predicted octanol–water partition coefficient (Wildman–Crippen LogP) is -0.301. The van der Waals surface area contributed by atoms with Crippen molar-refractivity contribution in [1.82, 2.24) is 15.2 Å². The number of hydrogen-bond acceptors (Lipinski definition) is 4. The molecular formula is C12H24N4O2. The van der Waals surface area contributed by atoms with Gasteiger partial charge in [0.2, 0.25) is 11.8 Å². The lowest BCUT2D eigenvalue weighted by molar-refractivity contribution is -0.147. The van der Waals surface area contributed by atoms with Gasteiger partial charge in [-0.15, -0.1) is 0 Å². The van der Waals surface area contributed by atoms with Crippen LogP contribution in [-0.4, -0.2) is 53.8 Å². The summed E-state index contributed by atoms with van der Waals surface area (Å²) in [6.07, 6.45) is 2.13. The first-order valence-electron chi connectivity index (χ1n) is 6.39. The average Bonchev–Trinajstić information content (AvgIpc) is 2.34. The summed E-state index contributed by atoms with van der Waals surface area (Å²) in [4.78, 5) is 27.0. The highest BCUT2D eigenvalue weighted by atomic mass is 16.2. The highest BCUT2D eigenvalue weighted by molar-refractivity contribution is 5.86. The minimum Gasteiger partial charge on any atom is -0.343 e. The van der Waals surface area contributed by atoms with Gasteiger partial charge < -0.3 is 4.90 Å². The van der Waals surface area contributed by atoms with E-state index in [0.29, 0.717) is 6.42 Å². The minimum absolute atomic E-state index is 0.135. The van der Waals surface area contributed by atoms with Crippen LogP contribution in [0.25, 0.3) is 0 Å². The molecule has 3 N–H and O–H groups in total. The Bertz CT molecular complexity index is 317. The Morgan fingerprint density at radius 2 is 2.06 bits per heavy atom. The molecule has 0 unspecified atom stereocenters. The zero-order chi connectivity index (χ0) is 13.8.